The fraction of sp³-hybridized carbons (Fsp3) is 1.00. The summed E-state index contributed by atoms with van der Waals surface area (Å²) in [6.07, 6.45) is 0. The predicted octanol–water partition coefficient (Wildman–Crippen LogP) is 2.48. The summed E-state index contributed by atoms with van der Waals surface area (Å²) in [6, 6.07) is 0. The molecule has 0 atom stereocenters. The molecule has 0 saturated carbocycles. The van der Waals surface area contributed by atoms with Gasteiger partial charge in [0.1, 0.15) is 0 Å². The Morgan fingerprint density at radius 3 is 1.12 bits per heavy atom. The highest BCUT2D eigenvalue weighted by Crippen LogP contribution is 2.00. The Hall–Kier alpha value is 0.274. The molecule has 112 valence electrons. The smallest absolute Gasteiger partial charge is 0.183 e. The third kappa shape index (κ3) is 182. The second-order valence-electron chi connectivity index (χ2n) is 5.03. The van der Waals surface area contributed by atoms with Gasteiger partial charge < -0.3 is 19.8 Å². The summed E-state index contributed by atoms with van der Waals surface area (Å²) in [4.78, 5) is 8.66. The Morgan fingerprint density at radius 1 is 0.941 bits per heavy atom. The monoisotopic (exact) mass is 288 g/mol. The Morgan fingerprint density at radius 2 is 1.12 bits per heavy atom. The topological polar surface area (TPSA) is 81.2 Å². The molecule has 4 N–H and O–H groups in total. The van der Waals surface area contributed by atoms with E-state index in [1.165, 1.54) is 0 Å². The van der Waals surface area contributed by atoms with Crippen molar-refractivity contribution in [3.63, 3.8) is 0 Å². The standard InChI is InChI=1S/C5H14OSi.C3H10OSi.C2H6O.CH4.H2O/c1-5-6-7(2,3)4;1-5(2,3)4;1-2-3;;/h5H2,1-4H3;4H,1-3H3;3H,2H2,1H3;1H4;1H2. The Bertz CT molecular complexity index is 114. The van der Waals surface area contributed by atoms with Crippen LogP contribution in [0.5, 0.6) is 0 Å². The van der Waals surface area contributed by atoms with Crippen molar-refractivity contribution in [2.75, 3.05) is 13.2 Å². The van der Waals surface area contributed by atoms with Gasteiger partial charge in [0.2, 0.25) is 0 Å². The van der Waals surface area contributed by atoms with E-state index >= 15 is 0 Å². The van der Waals surface area contributed by atoms with E-state index in [2.05, 4.69) is 19.6 Å². The molecule has 0 saturated heterocycles. The second kappa shape index (κ2) is 16.3. The van der Waals surface area contributed by atoms with E-state index in [0.717, 1.165) is 6.61 Å². The summed E-state index contributed by atoms with van der Waals surface area (Å²) in [5.41, 5.74) is 0. The number of aliphatic hydroxyl groups is 1. The third-order valence-corrected chi connectivity index (χ3v) is 1.73. The fourth-order valence-electron chi connectivity index (χ4n) is 0.433. The van der Waals surface area contributed by atoms with Gasteiger partial charge >= 0.3 is 0 Å². The molecule has 0 aromatic carbocycles. The molecule has 0 aromatic heterocycles. The number of hydrogen-bond donors (Lipinski definition) is 2. The molecule has 0 bridgehead atoms. The molecule has 0 aliphatic rings. The van der Waals surface area contributed by atoms with Crippen LogP contribution in [0.4, 0.5) is 0 Å². The molecular formula is C11H36O4Si2. The number of rotatable bonds is 2. The summed E-state index contributed by atoms with van der Waals surface area (Å²) in [5.74, 6) is 0. The molecule has 0 amide bonds. The lowest BCUT2D eigenvalue weighted by Gasteiger charge is -2.14. The molecule has 0 aliphatic carbocycles. The van der Waals surface area contributed by atoms with Crippen LogP contribution in [0.15, 0.2) is 0 Å². The van der Waals surface area contributed by atoms with Crippen molar-refractivity contribution in [1.29, 1.82) is 0 Å². The summed E-state index contributed by atoms with van der Waals surface area (Å²) >= 11 is 0. The van der Waals surface area contributed by atoms with E-state index in [1.54, 1.807) is 6.92 Å². The molecule has 0 spiro atoms. The normalized spacial score (nSPS) is 9.53. The maximum Gasteiger partial charge on any atom is 0.183 e. The van der Waals surface area contributed by atoms with Gasteiger partial charge in [-0.05, 0) is 53.1 Å². The SMILES string of the molecule is C.CCO.CCO[Si](C)(C)C.C[Si](C)(C)O.O. The van der Waals surface area contributed by atoms with Crippen LogP contribution in [0, 0.1) is 0 Å². The van der Waals surface area contributed by atoms with E-state index in [1.807, 2.05) is 26.6 Å². The van der Waals surface area contributed by atoms with Crippen LogP contribution < -0.4 is 0 Å². The van der Waals surface area contributed by atoms with Crippen molar-refractivity contribution < 1.29 is 19.8 Å². The Kier molecular flexibility index (Phi) is 29.1. The van der Waals surface area contributed by atoms with E-state index in [9.17, 15) is 0 Å². The molecule has 0 aromatic rings. The molecule has 4 nitrogen and oxygen atoms in total. The highest BCUT2D eigenvalue weighted by molar-refractivity contribution is 6.69. The average Bonchev–Trinajstić information content (AvgIpc) is 1.80. The van der Waals surface area contributed by atoms with Gasteiger partial charge in [0.25, 0.3) is 0 Å². The van der Waals surface area contributed by atoms with Crippen molar-refractivity contribution >= 4 is 16.6 Å². The maximum absolute atomic E-state index is 8.66. The minimum Gasteiger partial charge on any atom is -0.433 e. The van der Waals surface area contributed by atoms with Gasteiger partial charge in [-0.25, -0.2) is 0 Å². The van der Waals surface area contributed by atoms with E-state index in [0.29, 0.717) is 0 Å². The predicted molar refractivity (Wildman–Crippen MR) is 83.6 cm³/mol. The molecule has 17 heavy (non-hydrogen) atoms. The molecule has 6 heteroatoms. The van der Waals surface area contributed by atoms with Crippen LogP contribution in [0.3, 0.4) is 0 Å². The maximum atomic E-state index is 8.66. The lowest BCUT2D eigenvalue weighted by molar-refractivity contribution is 0.318. The lowest BCUT2D eigenvalue weighted by Crippen LogP contribution is -2.24. The van der Waals surface area contributed by atoms with Crippen molar-refractivity contribution in [1.82, 2.24) is 0 Å². The zero-order valence-corrected chi connectivity index (χ0v) is 14.2. The van der Waals surface area contributed by atoms with Gasteiger partial charge in [0.15, 0.2) is 16.6 Å². The van der Waals surface area contributed by atoms with E-state index in [4.69, 9.17) is 14.3 Å². The van der Waals surface area contributed by atoms with Crippen molar-refractivity contribution in [2.24, 2.45) is 0 Å². The zero-order valence-electron chi connectivity index (χ0n) is 12.2. The van der Waals surface area contributed by atoms with Crippen LogP contribution in [-0.2, 0) is 4.43 Å². The van der Waals surface area contributed by atoms with Crippen LogP contribution in [-0.4, -0.2) is 45.2 Å². The van der Waals surface area contributed by atoms with Crippen LogP contribution in [0.1, 0.15) is 21.3 Å². The van der Waals surface area contributed by atoms with E-state index in [-0.39, 0.29) is 19.5 Å². The zero-order chi connectivity index (χ0) is 13.1. The first-order chi connectivity index (χ1) is 6.47. The largest absolute Gasteiger partial charge is 0.433 e. The van der Waals surface area contributed by atoms with Gasteiger partial charge in [-0.1, -0.05) is 7.43 Å². The fourth-order valence-corrected chi connectivity index (χ4v) is 1.30. The molecule has 0 radical (unpaired) electrons. The average molecular weight is 289 g/mol. The summed E-state index contributed by atoms with van der Waals surface area (Å²) in [6.45, 7) is 17.1. The van der Waals surface area contributed by atoms with Crippen LogP contribution in [0.2, 0.25) is 39.3 Å². The van der Waals surface area contributed by atoms with Gasteiger partial charge in [-0.2, -0.15) is 0 Å². The first kappa shape index (κ1) is 30.4. The number of hydrogen-bond acceptors (Lipinski definition) is 3. The van der Waals surface area contributed by atoms with E-state index < -0.39 is 16.6 Å². The second-order valence-corrected chi connectivity index (χ2v) is 13.9. The molecule has 0 rings (SSSR count). The Balaban J connectivity index is -0.0000000430. The minimum absolute atomic E-state index is 0. The van der Waals surface area contributed by atoms with Gasteiger partial charge in [-0.3, -0.25) is 0 Å². The molecule has 0 fully saturated rings. The molecule has 0 heterocycles. The van der Waals surface area contributed by atoms with Crippen molar-refractivity contribution in [2.45, 2.75) is 60.6 Å². The van der Waals surface area contributed by atoms with Crippen molar-refractivity contribution in [3.8, 4) is 0 Å². The highest BCUT2D eigenvalue weighted by Gasteiger charge is 2.11. The molecule has 0 aliphatic heterocycles. The first-order valence-electron chi connectivity index (χ1n) is 5.45. The third-order valence-electron chi connectivity index (χ3n) is 0.577. The lowest BCUT2D eigenvalue weighted by atomic mass is 10.9. The quantitative estimate of drug-likeness (QED) is 0.766. The highest BCUT2D eigenvalue weighted by atomic mass is 28.4. The van der Waals surface area contributed by atoms with Crippen LogP contribution in [0.25, 0.3) is 0 Å². The number of aliphatic hydroxyl groups excluding tert-OH is 1. The minimum atomic E-state index is -1.61. The summed E-state index contributed by atoms with van der Waals surface area (Å²) in [5, 5.41) is 7.57. The van der Waals surface area contributed by atoms with Gasteiger partial charge in [-0.15, -0.1) is 0 Å². The first-order valence-corrected chi connectivity index (χ1v) is 12.3. The molecular weight excluding hydrogens is 252 g/mol. The van der Waals surface area contributed by atoms with Crippen LogP contribution >= 0.6 is 0 Å². The Labute approximate surface area is 111 Å². The summed E-state index contributed by atoms with van der Waals surface area (Å²) < 4.78 is 5.37. The molecule has 0 unspecified atom stereocenters. The summed E-state index contributed by atoms with van der Waals surface area (Å²) in [7, 11) is -2.77. The van der Waals surface area contributed by atoms with Gasteiger partial charge in [0, 0.05) is 13.2 Å². The van der Waals surface area contributed by atoms with Gasteiger partial charge in [0.05, 0.1) is 0 Å². The van der Waals surface area contributed by atoms with Crippen molar-refractivity contribution in [3.05, 3.63) is 0 Å².